The molecule has 152 valence electrons. The molecule has 0 aromatic heterocycles. The van der Waals surface area contributed by atoms with E-state index in [0.29, 0.717) is 13.2 Å². The van der Waals surface area contributed by atoms with E-state index in [1.165, 1.54) is 27.8 Å². The molecule has 1 aliphatic rings. The van der Waals surface area contributed by atoms with Crippen LogP contribution in [-0.4, -0.2) is 19.2 Å². The lowest BCUT2D eigenvalue weighted by molar-refractivity contribution is 0.143. The number of ether oxygens (including phenoxy) is 1. The van der Waals surface area contributed by atoms with Gasteiger partial charge in [0.1, 0.15) is 6.61 Å². The lowest BCUT2D eigenvalue weighted by Crippen LogP contribution is -2.26. The number of alkyl carbamates (subject to hydrolysis) is 1. The van der Waals surface area contributed by atoms with Crippen LogP contribution in [0.3, 0.4) is 0 Å². The van der Waals surface area contributed by atoms with Gasteiger partial charge in [-0.05, 0) is 52.8 Å². The Morgan fingerprint density at radius 2 is 1.70 bits per heavy atom. The summed E-state index contributed by atoms with van der Waals surface area (Å²) in [5.74, 6) is 0.0868. The van der Waals surface area contributed by atoms with Crippen molar-refractivity contribution in [3.8, 4) is 11.1 Å². The van der Waals surface area contributed by atoms with Gasteiger partial charge in [0, 0.05) is 16.9 Å². The molecule has 0 bridgehead atoms. The molecule has 3 nitrogen and oxygen atoms in total. The molecule has 3 aromatic rings. The van der Waals surface area contributed by atoms with Crippen molar-refractivity contribution in [2.75, 3.05) is 13.2 Å². The van der Waals surface area contributed by atoms with Crippen LogP contribution in [0.2, 0.25) is 0 Å². The minimum absolute atomic E-state index is 0.0868. The maximum Gasteiger partial charge on any atom is 0.407 e. The Kier molecular flexibility index (Phi) is 6.34. The maximum absolute atomic E-state index is 12.2. The molecule has 0 unspecified atom stereocenters. The number of halogens is 1. The van der Waals surface area contributed by atoms with Gasteiger partial charge in [-0.3, -0.25) is 0 Å². The van der Waals surface area contributed by atoms with Crippen LogP contribution < -0.4 is 5.32 Å². The minimum atomic E-state index is -0.371. The summed E-state index contributed by atoms with van der Waals surface area (Å²) in [7, 11) is 0. The van der Waals surface area contributed by atoms with Crippen molar-refractivity contribution in [3.63, 3.8) is 0 Å². The molecule has 1 N–H and O–H groups in total. The summed E-state index contributed by atoms with van der Waals surface area (Å²) in [5.41, 5.74) is 7.26. The third-order valence-corrected chi connectivity index (χ3v) is 6.31. The second-order valence-electron chi connectivity index (χ2n) is 7.45. The van der Waals surface area contributed by atoms with Crippen molar-refractivity contribution in [2.45, 2.75) is 19.3 Å². The van der Waals surface area contributed by atoms with Crippen LogP contribution in [0, 0.1) is 6.92 Å². The molecule has 0 aliphatic heterocycles. The van der Waals surface area contributed by atoms with E-state index in [9.17, 15) is 4.79 Å². The zero-order valence-electron chi connectivity index (χ0n) is 16.9. The molecule has 1 aliphatic carbocycles. The van der Waals surface area contributed by atoms with Crippen LogP contribution in [0.4, 0.5) is 4.79 Å². The summed E-state index contributed by atoms with van der Waals surface area (Å²) >= 11 is 3.51. The van der Waals surface area contributed by atoms with Crippen LogP contribution >= 0.6 is 15.9 Å². The second-order valence-corrected chi connectivity index (χ2v) is 8.31. The Morgan fingerprint density at radius 1 is 1.03 bits per heavy atom. The monoisotopic (exact) mass is 461 g/mol. The van der Waals surface area contributed by atoms with Crippen molar-refractivity contribution >= 4 is 28.1 Å². The van der Waals surface area contributed by atoms with E-state index >= 15 is 0 Å². The molecule has 30 heavy (non-hydrogen) atoms. The highest BCUT2D eigenvalue weighted by molar-refractivity contribution is 9.10. The summed E-state index contributed by atoms with van der Waals surface area (Å²) in [5, 5.41) is 2.84. The largest absolute Gasteiger partial charge is 0.449 e. The number of carbonyl (C=O) groups is 1. The van der Waals surface area contributed by atoms with E-state index in [-0.39, 0.29) is 12.0 Å². The van der Waals surface area contributed by atoms with E-state index in [1.54, 1.807) is 0 Å². The summed E-state index contributed by atoms with van der Waals surface area (Å²) in [6.07, 6.45) is 4.51. The highest BCUT2D eigenvalue weighted by atomic mass is 79.9. The van der Waals surface area contributed by atoms with E-state index in [1.807, 2.05) is 18.2 Å². The summed E-state index contributed by atoms with van der Waals surface area (Å²) in [4.78, 5) is 12.2. The molecule has 0 fully saturated rings. The first-order chi connectivity index (χ1) is 14.6. The second kappa shape index (κ2) is 9.31. The number of rotatable bonds is 6. The van der Waals surface area contributed by atoms with Crippen molar-refractivity contribution in [1.29, 1.82) is 0 Å². The summed E-state index contributed by atoms with van der Waals surface area (Å²) in [6, 6.07) is 22.9. The van der Waals surface area contributed by atoms with Crippen LogP contribution in [0.15, 0.2) is 77.3 Å². The zero-order chi connectivity index (χ0) is 20.9. The molecule has 0 spiro atoms. The zero-order valence-corrected chi connectivity index (χ0v) is 18.5. The third-order valence-electron chi connectivity index (χ3n) is 5.42. The van der Waals surface area contributed by atoms with Crippen molar-refractivity contribution in [1.82, 2.24) is 5.32 Å². The molecule has 1 amide bonds. The number of nitrogens with one attached hydrogen (secondary N) is 1. The maximum atomic E-state index is 12.2. The van der Waals surface area contributed by atoms with Crippen LogP contribution in [0.25, 0.3) is 17.2 Å². The van der Waals surface area contributed by atoms with E-state index < -0.39 is 0 Å². The molecule has 0 heterocycles. The first-order valence-corrected chi connectivity index (χ1v) is 10.9. The van der Waals surface area contributed by atoms with Gasteiger partial charge in [0.2, 0.25) is 0 Å². The topological polar surface area (TPSA) is 38.3 Å². The predicted molar refractivity (Wildman–Crippen MR) is 126 cm³/mol. The number of benzene rings is 3. The van der Waals surface area contributed by atoms with E-state index in [0.717, 1.165) is 16.5 Å². The number of carbonyl (C=O) groups excluding carboxylic acids is 1. The van der Waals surface area contributed by atoms with Gasteiger partial charge in [-0.25, -0.2) is 4.79 Å². The van der Waals surface area contributed by atoms with Gasteiger partial charge in [0.15, 0.2) is 0 Å². The Bertz CT molecular complexity index is 1040. The van der Waals surface area contributed by atoms with Crippen molar-refractivity contribution in [2.24, 2.45) is 0 Å². The smallest absolute Gasteiger partial charge is 0.407 e. The first-order valence-electron chi connectivity index (χ1n) is 10.1. The lowest BCUT2D eigenvalue weighted by atomic mass is 9.98. The highest BCUT2D eigenvalue weighted by Crippen LogP contribution is 2.44. The first kappa shape index (κ1) is 20.4. The molecule has 0 saturated heterocycles. The van der Waals surface area contributed by atoms with Gasteiger partial charge in [-0.15, -0.1) is 0 Å². The standard InChI is InChI=1S/C26H24BrNO2/c1-18-16-19(13-14-25(18)27)8-6-7-15-28-26(29)30-17-24-22-11-4-2-9-20(22)21-10-3-5-12-23(21)24/h2-6,8-14,16,24H,7,15,17H2,1H3,(H,28,29). The third kappa shape index (κ3) is 4.49. The molecular weight excluding hydrogens is 438 g/mol. The number of hydrogen-bond acceptors (Lipinski definition) is 2. The molecular formula is C26H24BrNO2. The van der Waals surface area contributed by atoms with Gasteiger partial charge in [-0.2, -0.15) is 0 Å². The quantitative estimate of drug-likeness (QED) is 0.414. The molecule has 4 heteroatoms. The fourth-order valence-electron chi connectivity index (χ4n) is 3.90. The van der Waals surface area contributed by atoms with Crippen molar-refractivity contribution in [3.05, 3.63) is 99.5 Å². The number of fused-ring (bicyclic) bond motifs is 3. The lowest BCUT2D eigenvalue weighted by Gasteiger charge is -2.14. The molecule has 4 rings (SSSR count). The normalized spacial score (nSPS) is 12.6. The average molecular weight is 462 g/mol. The Balaban J connectivity index is 1.27. The average Bonchev–Trinajstić information content (AvgIpc) is 3.08. The fraction of sp³-hybridized carbons (Fsp3) is 0.192. The van der Waals surface area contributed by atoms with Crippen LogP contribution in [-0.2, 0) is 4.74 Å². The summed E-state index contributed by atoms with van der Waals surface area (Å²) < 4.78 is 6.66. The van der Waals surface area contributed by atoms with Gasteiger partial charge in [0.25, 0.3) is 0 Å². The minimum Gasteiger partial charge on any atom is -0.449 e. The Morgan fingerprint density at radius 3 is 2.37 bits per heavy atom. The van der Waals surface area contributed by atoms with E-state index in [2.05, 4.69) is 88.9 Å². The molecule has 3 aromatic carbocycles. The Hall–Kier alpha value is -2.85. The Labute approximate surface area is 185 Å². The number of hydrogen-bond donors (Lipinski definition) is 1. The van der Waals surface area contributed by atoms with Gasteiger partial charge >= 0.3 is 6.09 Å². The van der Waals surface area contributed by atoms with Crippen molar-refractivity contribution < 1.29 is 9.53 Å². The van der Waals surface area contributed by atoms with Gasteiger partial charge in [0.05, 0.1) is 0 Å². The van der Waals surface area contributed by atoms with Crippen LogP contribution in [0.5, 0.6) is 0 Å². The SMILES string of the molecule is Cc1cc(C=CCCNC(=O)OCC2c3ccccc3-c3ccccc32)ccc1Br. The molecule has 0 atom stereocenters. The van der Waals surface area contributed by atoms with E-state index in [4.69, 9.17) is 4.74 Å². The molecule has 0 radical (unpaired) electrons. The van der Waals surface area contributed by atoms with Crippen LogP contribution in [0.1, 0.15) is 34.6 Å². The summed E-state index contributed by atoms with van der Waals surface area (Å²) in [6.45, 7) is 2.96. The highest BCUT2D eigenvalue weighted by Gasteiger charge is 2.28. The van der Waals surface area contributed by atoms with Gasteiger partial charge < -0.3 is 10.1 Å². The van der Waals surface area contributed by atoms with Gasteiger partial charge in [-0.1, -0.05) is 88.7 Å². The number of amides is 1. The fourth-order valence-corrected chi connectivity index (χ4v) is 4.14. The molecule has 0 saturated carbocycles. The number of aryl methyl sites for hydroxylation is 1. The predicted octanol–water partition coefficient (Wildman–Crippen LogP) is 6.70.